The van der Waals surface area contributed by atoms with Crippen molar-refractivity contribution >= 4 is 29.4 Å². The largest absolute Gasteiger partial charge is 0.454 e. The summed E-state index contributed by atoms with van der Waals surface area (Å²) in [6.45, 7) is 2.86. The van der Waals surface area contributed by atoms with Crippen LogP contribution < -0.4 is 25.5 Å². The van der Waals surface area contributed by atoms with E-state index in [0.29, 0.717) is 48.7 Å². The van der Waals surface area contributed by atoms with Crippen molar-refractivity contribution in [2.45, 2.75) is 25.3 Å². The van der Waals surface area contributed by atoms with E-state index in [1.807, 2.05) is 11.0 Å². The minimum Gasteiger partial charge on any atom is -0.454 e. The van der Waals surface area contributed by atoms with Crippen LogP contribution in [0.1, 0.15) is 25.3 Å². The lowest BCUT2D eigenvalue weighted by Gasteiger charge is -2.31. The summed E-state index contributed by atoms with van der Waals surface area (Å²) in [4.78, 5) is 52.6. The van der Waals surface area contributed by atoms with E-state index < -0.39 is 23.4 Å². The van der Waals surface area contributed by atoms with E-state index in [1.165, 1.54) is 0 Å². The fourth-order valence-corrected chi connectivity index (χ4v) is 4.64. The lowest BCUT2D eigenvalue weighted by molar-refractivity contribution is -0.139. The predicted octanol–water partition coefficient (Wildman–Crippen LogP) is 1.56. The standard InChI is InChI=1S/C25H27N5O6/c1-25(17-5-3-2-4-6-17)23(33)30(24(34)27-25)28-21(31)14-29-11-9-16(10-12-29)22(32)26-18-7-8-19-20(13-18)36-15-35-19/h2-8,13,16H,9-12,14-15H2,1H3,(H,26,32)(H,27,34)(H,28,31)/t25-/m1/s1. The molecule has 11 heteroatoms. The van der Waals surface area contributed by atoms with E-state index in [2.05, 4.69) is 16.1 Å². The van der Waals surface area contributed by atoms with Gasteiger partial charge in [-0.3, -0.25) is 24.7 Å². The van der Waals surface area contributed by atoms with Crippen LogP contribution in [0.3, 0.4) is 0 Å². The smallest absolute Gasteiger partial charge is 0.344 e. The first-order valence-electron chi connectivity index (χ1n) is 11.8. The maximum Gasteiger partial charge on any atom is 0.344 e. The molecule has 0 unspecified atom stereocenters. The van der Waals surface area contributed by atoms with E-state index in [-0.39, 0.29) is 25.2 Å². The van der Waals surface area contributed by atoms with Crippen LogP contribution in [-0.2, 0) is 19.9 Å². The number of amides is 5. The number of fused-ring (bicyclic) bond motifs is 1. The van der Waals surface area contributed by atoms with E-state index >= 15 is 0 Å². The number of carbonyl (C=O) groups is 4. The van der Waals surface area contributed by atoms with Gasteiger partial charge in [-0.25, -0.2) is 4.79 Å². The molecule has 0 radical (unpaired) electrons. The van der Waals surface area contributed by atoms with Gasteiger partial charge < -0.3 is 20.1 Å². The van der Waals surface area contributed by atoms with E-state index in [1.54, 1.807) is 49.4 Å². The average Bonchev–Trinajstić information content (AvgIpc) is 3.43. The van der Waals surface area contributed by atoms with Gasteiger partial charge in [-0.15, -0.1) is 0 Å². The number of hydrogen-bond acceptors (Lipinski definition) is 7. The van der Waals surface area contributed by atoms with Crippen LogP contribution in [0.4, 0.5) is 10.5 Å². The van der Waals surface area contributed by atoms with E-state index in [0.717, 1.165) is 5.01 Å². The zero-order valence-corrected chi connectivity index (χ0v) is 19.8. The van der Waals surface area contributed by atoms with Gasteiger partial charge >= 0.3 is 6.03 Å². The van der Waals surface area contributed by atoms with Gasteiger partial charge in [0.15, 0.2) is 11.5 Å². The number of nitrogens with one attached hydrogen (secondary N) is 3. The zero-order chi connectivity index (χ0) is 25.3. The lowest BCUT2D eigenvalue weighted by atomic mass is 9.92. The van der Waals surface area contributed by atoms with Crippen LogP contribution in [0.5, 0.6) is 11.5 Å². The number of rotatable bonds is 6. The third-order valence-corrected chi connectivity index (χ3v) is 6.74. The molecule has 3 aliphatic rings. The number of nitrogens with zero attached hydrogens (tertiary/aromatic N) is 2. The molecule has 188 valence electrons. The Labute approximate surface area is 207 Å². The number of piperidine rings is 1. The molecule has 0 aliphatic carbocycles. The van der Waals surface area contributed by atoms with Gasteiger partial charge in [0.05, 0.1) is 6.54 Å². The second-order valence-electron chi connectivity index (χ2n) is 9.20. The quantitative estimate of drug-likeness (QED) is 0.521. The zero-order valence-electron chi connectivity index (χ0n) is 19.8. The highest BCUT2D eigenvalue weighted by Gasteiger charge is 2.50. The molecule has 3 aliphatic heterocycles. The SMILES string of the molecule is C[C@]1(c2ccccc2)NC(=O)N(NC(=O)CN2CCC(C(=O)Nc3ccc4c(c3)OCO4)CC2)C1=O. The van der Waals surface area contributed by atoms with Gasteiger partial charge in [-0.05, 0) is 50.6 Å². The molecule has 5 rings (SSSR count). The number of benzene rings is 2. The molecule has 5 amide bonds. The van der Waals surface area contributed by atoms with Crippen molar-refractivity contribution in [2.24, 2.45) is 5.92 Å². The Morgan fingerprint density at radius 2 is 1.78 bits per heavy atom. The minimum atomic E-state index is -1.25. The number of imide groups is 1. The number of likely N-dealkylation sites (tertiary alicyclic amines) is 1. The Kier molecular flexibility index (Phi) is 6.23. The summed E-state index contributed by atoms with van der Waals surface area (Å²) in [6, 6.07) is 13.4. The van der Waals surface area contributed by atoms with Gasteiger partial charge in [-0.2, -0.15) is 5.01 Å². The van der Waals surface area contributed by atoms with Crippen molar-refractivity contribution in [2.75, 3.05) is 31.7 Å². The van der Waals surface area contributed by atoms with Crippen LogP contribution in [0.25, 0.3) is 0 Å². The minimum absolute atomic E-state index is 0.00954. The molecular formula is C25H27N5O6. The van der Waals surface area contributed by atoms with Gasteiger partial charge in [0, 0.05) is 17.7 Å². The molecule has 2 saturated heterocycles. The number of hydrazine groups is 1. The molecule has 0 bridgehead atoms. The molecule has 2 aromatic rings. The number of hydrogen-bond donors (Lipinski definition) is 3. The molecule has 0 aromatic heterocycles. The van der Waals surface area contributed by atoms with E-state index in [9.17, 15) is 19.2 Å². The average molecular weight is 494 g/mol. The first-order chi connectivity index (χ1) is 17.3. The number of urea groups is 1. The van der Waals surface area contributed by atoms with Gasteiger partial charge in [0.1, 0.15) is 5.54 Å². The summed E-state index contributed by atoms with van der Waals surface area (Å²) >= 11 is 0. The van der Waals surface area contributed by atoms with Crippen molar-refractivity contribution in [3.63, 3.8) is 0 Å². The summed E-state index contributed by atoms with van der Waals surface area (Å²) < 4.78 is 10.6. The van der Waals surface area contributed by atoms with Crippen molar-refractivity contribution in [1.82, 2.24) is 20.7 Å². The summed E-state index contributed by atoms with van der Waals surface area (Å²) in [7, 11) is 0. The maximum atomic E-state index is 13.0. The van der Waals surface area contributed by atoms with Crippen molar-refractivity contribution in [3.05, 3.63) is 54.1 Å². The highest BCUT2D eigenvalue weighted by molar-refractivity contribution is 6.08. The number of anilines is 1. The first-order valence-corrected chi connectivity index (χ1v) is 11.8. The van der Waals surface area contributed by atoms with Crippen LogP contribution in [-0.4, -0.2) is 60.1 Å². The van der Waals surface area contributed by atoms with Gasteiger partial charge in [0.2, 0.25) is 12.7 Å². The topological polar surface area (TPSA) is 129 Å². The second-order valence-corrected chi connectivity index (χ2v) is 9.20. The molecule has 3 heterocycles. The Balaban J connectivity index is 1.10. The normalized spacial score (nSPS) is 21.9. The van der Waals surface area contributed by atoms with Crippen LogP contribution in [0.2, 0.25) is 0 Å². The highest BCUT2D eigenvalue weighted by atomic mass is 16.7. The van der Waals surface area contributed by atoms with Crippen LogP contribution in [0, 0.1) is 5.92 Å². The predicted molar refractivity (Wildman–Crippen MR) is 128 cm³/mol. The molecule has 3 N–H and O–H groups in total. The summed E-state index contributed by atoms with van der Waals surface area (Å²) in [6.07, 6.45) is 1.16. The van der Waals surface area contributed by atoms with Crippen molar-refractivity contribution < 1.29 is 28.7 Å². The van der Waals surface area contributed by atoms with Crippen molar-refractivity contribution in [3.8, 4) is 11.5 Å². The van der Waals surface area contributed by atoms with Crippen molar-refractivity contribution in [1.29, 1.82) is 0 Å². The Morgan fingerprint density at radius 1 is 1.06 bits per heavy atom. The fraction of sp³-hybridized carbons (Fsp3) is 0.360. The molecule has 0 saturated carbocycles. The lowest BCUT2D eigenvalue weighted by Crippen LogP contribution is -2.51. The molecule has 0 spiro atoms. The van der Waals surface area contributed by atoms with Gasteiger partial charge in [0.25, 0.3) is 11.8 Å². The molecule has 2 aromatic carbocycles. The third-order valence-electron chi connectivity index (χ3n) is 6.74. The summed E-state index contributed by atoms with van der Waals surface area (Å²) in [5, 5.41) is 6.31. The molecule has 11 nitrogen and oxygen atoms in total. The molecule has 36 heavy (non-hydrogen) atoms. The molecule has 1 atom stereocenters. The Hall–Kier alpha value is -4.12. The second kappa shape index (κ2) is 9.50. The van der Waals surface area contributed by atoms with E-state index in [4.69, 9.17) is 9.47 Å². The monoisotopic (exact) mass is 493 g/mol. The van der Waals surface area contributed by atoms with Crippen LogP contribution in [0.15, 0.2) is 48.5 Å². The summed E-state index contributed by atoms with van der Waals surface area (Å²) in [5.74, 6) is -0.0463. The van der Waals surface area contributed by atoms with Crippen LogP contribution >= 0.6 is 0 Å². The molecular weight excluding hydrogens is 466 g/mol. The molecule has 2 fully saturated rings. The Morgan fingerprint density at radius 3 is 2.53 bits per heavy atom. The number of carbonyl (C=O) groups excluding carboxylic acids is 4. The highest BCUT2D eigenvalue weighted by Crippen LogP contribution is 2.34. The van der Waals surface area contributed by atoms with Gasteiger partial charge in [-0.1, -0.05) is 30.3 Å². The summed E-state index contributed by atoms with van der Waals surface area (Å²) in [5.41, 5.74) is 2.44. The number of ether oxygens (including phenoxy) is 2. The third kappa shape index (κ3) is 4.57. The fourth-order valence-electron chi connectivity index (χ4n) is 4.64. The first kappa shape index (κ1) is 23.6. The maximum absolute atomic E-state index is 13.0. The Bertz CT molecular complexity index is 1200.